The zero-order valence-corrected chi connectivity index (χ0v) is 39.3. The first kappa shape index (κ1) is 56.9. The van der Waals surface area contributed by atoms with Crippen LogP contribution in [0.15, 0.2) is 97.2 Å². The molecule has 0 aliphatic rings. The number of carbonyl (C=O) groups is 2. The largest absolute Gasteiger partial charge is 0.472 e. The zero-order chi connectivity index (χ0) is 44.3. The molecule has 0 heterocycles. The number of carbonyl (C=O) groups excluding carboxylic acids is 2. The first-order valence-corrected chi connectivity index (χ1v) is 24.5. The summed E-state index contributed by atoms with van der Waals surface area (Å²) in [6.45, 7) is 4.09. The minimum absolute atomic E-state index is 0.0175. The van der Waals surface area contributed by atoms with E-state index in [9.17, 15) is 19.0 Å². The minimum Gasteiger partial charge on any atom is -0.462 e. The number of hydrogen-bond donors (Lipinski definition) is 1. The Bertz CT molecular complexity index is 1340. The van der Waals surface area contributed by atoms with E-state index in [0.29, 0.717) is 17.4 Å². The van der Waals surface area contributed by atoms with Crippen molar-refractivity contribution in [3.05, 3.63) is 97.2 Å². The summed E-state index contributed by atoms with van der Waals surface area (Å²) in [5.74, 6) is -0.859. The molecule has 0 aliphatic carbocycles. The summed E-state index contributed by atoms with van der Waals surface area (Å²) in [6.07, 6.45) is 54.7. The number of likely N-dealkylation sites (N-methyl/N-ethyl adjacent to an activating group) is 1. The standard InChI is InChI=1S/C50H84NO8P/c1-6-8-10-12-14-16-18-20-21-22-23-24-25-26-27-28-29-31-32-34-36-38-40-42-49(52)56-46-48(47-58-60(54,55)57-45-44-51(3,4)5)59-50(53)43-41-39-37-35-33-30-19-17-15-13-11-9-7-2/h8-11,13-17,19-21,23-24,30,33,48H,6-7,12,18,22,25-29,31-32,34-47H2,1-5H3/p+1/b10-8+,11-9+,15-13+,16-14+,19-17+,21-20+,24-23+,33-30+. The van der Waals surface area contributed by atoms with Crippen LogP contribution in [0.3, 0.4) is 0 Å². The second-order valence-corrected chi connectivity index (χ2v) is 17.6. The highest BCUT2D eigenvalue weighted by Crippen LogP contribution is 2.43. The lowest BCUT2D eigenvalue weighted by molar-refractivity contribution is -0.870. The van der Waals surface area contributed by atoms with Crippen LogP contribution in [0.5, 0.6) is 0 Å². The molecule has 0 saturated carbocycles. The van der Waals surface area contributed by atoms with Crippen molar-refractivity contribution in [3.63, 3.8) is 0 Å². The molecule has 2 unspecified atom stereocenters. The van der Waals surface area contributed by atoms with E-state index >= 15 is 0 Å². The van der Waals surface area contributed by atoms with E-state index in [2.05, 4.69) is 74.6 Å². The molecule has 0 aromatic carbocycles. The molecule has 0 bridgehead atoms. The molecule has 0 spiro atoms. The quantitative estimate of drug-likeness (QED) is 0.0162. The maximum atomic E-state index is 12.7. The van der Waals surface area contributed by atoms with Gasteiger partial charge in [0.2, 0.25) is 0 Å². The number of phosphoric acid groups is 1. The Labute approximate surface area is 366 Å². The molecular weight excluding hydrogens is 774 g/mol. The van der Waals surface area contributed by atoms with Crippen LogP contribution in [0.4, 0.5) is 0 Å². The monoisotopic (exact) mass is 859 g/mol. The molecule has 9 nitrogen and oxygen atoms in total. The number of phosphoric ester groups is 1. The highest BCUT2D eigenvalue weighted by molar-refractivity contribution is 7.47. The van der Waals surface area contributed by atoms with Gasteiger partial charge in [-0.3, -0.25) is 18.6 Å². The van der Waals surface area contributed by atoms with Gasteiger partial charge in [-0.05, 0) is 70.6 Å². The maximum absolute atomic E-state index is 12.7. The predicted molar refractivity (Wildman–Crippen MR) is 252 cm³/mol. The van der Waals surface area contributed by atoms with Gasteiger partial charge in [-0.25, -0.2) is 4.57 Å². The van der Waals surface area contributed by atoms with Crippen LogP contribution in [0.1, 0.15) is 155 Å². The number of unbranched alkanes of at least 4 members (excludes halogenated alkanes) is 13. The van der Waals surface area contributed by atoms with E-state index in [1.165, 1.54) is 38.5 Å². The van der Waals surface area contributed by atoms with Crippen LogP contribution in [-0.2, 0) is 32.7 Å². The van der Waals surface area contributed by atoms with Gasteiger partial charge in [-0.2, -0.15) is 0 Å². The molecule has 0 radical (unpaired) electrons. The lowest BCUT2D eigenvalue weighted by Crippen LogP contribution is -2.37. The number of ether oxygens (including phenoxy) is 2. The van der Waals surface area contributed by atoms with Crippen LogP contribution in [0.2, 0.25) is 0 Å². The van der Waals surface area contributed by atoms with E-state index < -0.39 is 26.5 Å². The first-order chi connectivity index (χ1) is 29.0. The van der Waals surface area contributed by atoms with Crippen molar-refractivity contribution in [1.29, 1.82) is 0 Å². The molecule has 0 aromatic heterocycles. The molecule has 0 amide bonds. The van der Waals surface area contributed by atoms with Gasteiger partial charge in [-0.15, -0.1) is 0 Å². The summed E-state index contributed by atoms with van der Waals surface area (Å²) in [7, 11) is 1.43. The normalized spacial score (nSPS) is 14.4. The third-order valence-electron chi connectivity index (χ3n) is 9.20. The lowest BCUT2D eigenvalue weighted by Gasteiger charge is -2.24. The Morgan fingerprint density at radius 1 is 0.533 bits per heavy atom. The minimum atomic E-state index is -4.39. The average molecular weight is 859 g/mol. The smallest absolute Gasteiger partial charge is 0.462 e. The van der Waals surface area contributed by atoms with Gasteiger partial charge in [-0.1, -0.05) is 169 Å². The number of esters is 2. The number of quaternary nitrogens is 1. The number of hydrogen-bond acceptors (Lipinski definition) is 7. The fraction of sp³-hybridized carbons (Fsp3) is 0.640. The molecule has 0 aliphatic heterocycles. The van der Waals surface area contributed by atoms with Crippen LogP contribution in [-0.4, -0.2) is 74.9 Å². The molecule has 1 N–H and O–H groups in total. The third-order valence-corrected chi connectivity index (χ3v) is 10.2. The summed E-state index contributed by atoms with van der Waals surface area (Å²) in [6, 6.07) is 0. The van der Waals surface area contributed by atoms with Crippen molar-refractivity contribution in [3.8, 4) is 0 Å². The number of nitrogens with zero attached hydrogens (tertiary/aromatic N) is 1. The molecule has 0 saturated heterocycles. The van der Waals surface area contributed by atoms with E-state index in [1.54, 1.807) is 0 Å². The molecule has 342 valence electrons. The van der Waals surface area contributed by atoms with Crippen LogP contribution < -0.4 is 0 Å². The molecule has 60 heavy (non-hydrogen) atoms. The molecule has 0 fully saturated rings. The van der Waals surface area contributed by atoms with Gasteiger partial charge >= 0.3 is 19.8 Å². The van der Waals surface area contributed by atoms with Gasteiger partial charge < -0.3 is 18.9 Å². The number of rotatable bonds is 40. The summed E-state index contributed by atoms with van der Waals surface area (Å²) >= 11 is 0. The van der Waals surface area contributed by atoms with E-state index in [-0.39, 0.29) is 32.0 Å². The van der Waals surface area contributed by atoms with Gasteiger partial charge in [0.1, 0.15) is 19.8 Å². The highest BCUT2D eigenvalue weighted by Gasteiger charge is 2.27. The Kier molecular flexibility index (Phi) is 39.2. The molecule has 2 atom stereocenters. The molecule has 0 rings (SSSR count). The summed E-state index contributed by atoms with van der Waals surface area (Å²) in [5.41, 5.74) is 0. The fourth-order valence-electron chi connectivity index (χ4n) is 5.66. The van der Waals surface area contributed by atoms with Crippen molar-refractivity contribution in [2.45, 2.75) is 161 Å². The highest BCUT2D eigenvalue weighted by atomic mass is 31.2. The fourth-order valence-corrected chi connectivity index (χ4v) is 6.40. The summed E-state index contributed by atoms with van der Waals surface area (Å²) < 4.78 is 34.3. The zero-order valence-electron chi connectivity index (χ0n) is 38.4. The van der Waals surface area contributed by atoms with Gasteiger partial charge in [0.15, 0.2) is 6.10 Å². The predicted octanol–water partition coefficient (Wildman–Crippen LogP) is 13.4. The van der Waals surface area contributed by atoms with Gasteiger partial charge in [0.25, 0.3) is 0 Å². The van der Waals surface area contributed by atoms with Crippen molar-refractivity contribution >= 4 is 19.8 Å². The Balaban J connectivity index is 4.31. The van der Waals surface area contributed by atoms with Gasteiger partial charge in [0, 0.05) is 12.8 Å². The van der Waals surface area contributed by atoms with Crippen molar-refractivity contribution in [2.24, 2.45) is 0 Å². The topological polar surface area (TPSA) is 108 Å². The molecule has 0 aromatic rings. The summed E-state index contributed by atoms with van der Waals surface area (Å²) in [5, 5.41) is 0. The van der Waals surface area contributed by atoms with Gasteiger partial charge in [0.05, 0.1) is 27.7 Å². The summed E-state index contributed by atoms with van der Waals surface area (Å²) in [4.78, 5) is 35.4. The lowest BCUT2D eigenvalue weighted by atomic mass is 10.1. The average Bonchev–Trinajstić information content (AvgIpc) is 3.20. The van der Waals surface area contributed by atoms with Crippen LogP contribution >= 0.6 is 7.82 Å². The van der Waals surface area contributed by atoms with Crippen molar-refractivity contribution < 1.29 is 42.1 Å². The van der Waals surface area contributed by atoms with Crippen molar-refractivity contribution in [2.75, 3.05) is 47.5 Å². The third kappa shape index (κ3) is 44.5. The maximum Gasteiger partial charge on any atom is 0.472 e. The van der Waals surface area contributed by atoms with Crippen LogP contribution in [0.25, 0.3) is 0 Å². The van der Waals surface area contributed by atoms with Crippen molar-refractivity contribution in [1.82, 2.24) is 0 Å². The molecule has 10 heteroatoms. The van der Waals surface area contributed by atoms with E-state index in [4.69, 9.17) is 18.5 Å². The number of allylic oxidation sites excluding steroid dienone is 16. The second-order valence-electron chi connectivity index (χ2n) is 16.1. The Morgan fingerprint density at radius 3 is 1.55 bits per heavy atom. The first-order valence-electron chi connectivity index (χ1n) is 23.0. The molecular formula is C50H85NO8P+. The second kappa shape index (κ2) is 41.3. The van der Waals surface area contributed by atoms with Crippen LogP contribution in [0, 0.1) is 0 Å². The van der Waals surface area contributed by atoms with E-state index in [0.717, 1.165) is 83.5 Å². The Morgan fingerprint density at radius 2 is 0.983 bits per heavy atom. The SMILES string of the molecule is CC/C=C/C=C/C=C/C=C/CCCCCC(=O)OC(COC(=O)CCCCCCCCCCCC/C=C/C/C=C/C/C=C/C/C=C/CC)COP(=O)(O)OCC[N+](C)(C)C. The van der Waals surface area contributed by atoms with E-state index in [1.807, 2.05) is 57.6 Å². The Hall–Kier alpha value is -3.07.